The molecular formula is C18H20N2O3S. The summed E-state index contributed by atoms with van der Waals surface area (Å²) in [5.74, 6) is -0.140. The summed E-state index contributed by atoms with van der Waals surface area (Å²) in [5.41, 5.74) is 3.17. The first kappa shape index (κ1) is 16.6. The van der Waals surface area contributed by atoms with Crippen LogP contribution >= 0.6 is 0 Å². The number of fused-ring (bicyclic) bond motifs is 1. The van der Waals surface area contributed by atoms with Crippen LogP contribution in [-0.4, -0.2) is 32.1 Å². The van der Waals surface area contributed by atoms with E-state index >= 15 is 0 Å². The molecule has 0 saturated carbocycles. The van der Waals surface area contributed by atoms with Crippen LogP contribution in [-0.2, 0) is 22.7 Å². The number of hydrogen-bond donors (Lipinski definition) is 0. The quantitative estimate of drug-likeness (QED) is 0.858. The highest BCUT2D eigenvalue weighted by Crippen LogP contribution is 2.30. The van der Waals surface area contributed by atoms with Gasteiger partial charge in [-0.2, -0.15) is 0 Å². The molecule has 1 aromatic heterocycles. The fraction of sp³-hybridized carbons (Fsp3) is 0.333. The molecule has 1 amide bonds. The van der Waals surface area contributed by atoms with E-state index in [0.29, 0.717) is 17.1 Å². The van der Waals surface area contributed by atoms with Gasteiger partial charge in [-0.05, 0) is 60.7 Å². The standard InChI is InChI=1S/C18H20N2O3S/c1-3-13-8-9-19-16(11-13)18(21)20-10-4-5-14-12-15(24(2,22)23)6-7-17(14)20/h6-9,11-12H,3-5,10H2,1-2H3. The van der Waals surface area contributed by atoms with Gasteiger partial charge in [0.05, 0.1) is 4.90 Å². The maximum atomic E-state index is 12.9. The predicted molar refractivity (Wildman–Crippen MR) is 93.2 cm³/mol. The highest BCUT2D eigenvalue weighted by molar-refractivity contribution is 7.90. The second-order valence-corrected chi connectivity index (χ2v) is 8.04. The Balaban J connectivity index is 1.98. The lowest BCUT2D eigenvalue weighted by Gasteiger charge is -2.29. The largest absolute Gasteiger partial charge is 0.307 e. The third kappa shape index (κ3) is 3.19. The van der Waals surface area contributed by atoms with Crippen molar-refractivity contribution < 1.29 is 13.2 Å². The number of sulfone groups is 1. The van der Waals surface area contributed by atoms with Gasteiger partial charge in [-0.25, -0.2) is 8.42 Å². The van der Waals surface area contributed by atoms with Gasteiger partial charge >= 0.3 is 0 Å². The molecule has 0 saturated heterocycles. The van der Waals surface area contributed by atoms with E-state index in [2.05, 4.69) is 4.98 Å². The highest BCUT2D eigenvalue weighted by Gasteiger charge is 2.25. The van der Waals surface area contributed by atoms with Crippen molar-refractivity contribution in [1.29, 1.82) is 0 Å². The van der Waals surface area contributed by atoms with Crippen LogP contribution in [0.25, 0.3) is 0 Å². The van der Waals surface area contributed by atoms with Crippen molar-refractivity contribution in [2.75, 3.05) is 17.7 Å². The van der Waals surface area contributed by atoms with Gasteiger partial charge in [0.25, 0.3) is 5.91 Å². The molecule has 6 heteroatoms. The van der Waals surface area contributed by atoms with Crippen LogP contribution in [0.2, 0.25) is 0 Å². The number of carbonyl (C=O) groups excluding carboxylic acids is 1. The van der Waals surface area contributed by atoms with Gasteiger partial charge in [0, 0.05) is 24.7 Å². The molecule has 0 N–H and O–H groups in total. The van der Waals surface area contributed by atoms with Crippen molar-refractivity contribution in [3.8, 4) is 0 Å². The van der Waals surface area contributed by atoms with E-state index < -0.39 is 9.84 Å². The van der Waals surface area contributed by atoms with E-state index in [0.717, 1.165) is 36.1 Å². The molecule has 0 unspecified atom stereocenters. The van der Waals surface area contributed by atoms with Gasteiger partial charge in [-0.3, -0.25) is 9.78 Å². The highest BCUT2D eigenvalue weighted by atomic mass is 32.2. The number of aromatic nitrogens is 1. The first-order valence-corrected chi connectivity index (χ1v) is 9.89. The molecule has 2 heterocycles. The fourth-order valence-electron chi connectivity index (χ4n) is 2.96. The average Bonchev–Trinajstić information content (AvgIpc) is 2.59. The van der Waals surface area contributed by atoms with E-state index in [-0.39, 0.29) is 5.91 Å². The molecule has 1 aliphatic heterocycles. The third-order valence-corrected chi connectivity index (χ3v) is 5.40. The molecule has 0 fully saturated rings. The molecule has 1 aromatic carbocycles. The number of hydrogen-bond acceptors (Lipinski definition) is 4. The zero-order valence-corrected chi connectivity index (χ0v) is 14.6. The molecule has 5 nitrogen and oxygen atoms in total. The van der Waals surface area contributed by atoms with Gasteiger partial charge in [-0.15, -0.1) is 0 Å². The van der Waals surface area contributed by atoms with Crippen LogP contribution in [0.15, 0.2) is 41.4 Å². The lowest BCUT2D eigenvalue weighted by atomic mass is 10.0. The van der Waals surface area contributed by atoms with Gasteiger partial charge in [0.15, 0.2) is 9.84 Å². The molecule has 0 radical (unpaired) electrons. The van der Waals surface area contributed by atoms with Crippen LogP contribution in [0.4, 0.5) is 5.69 Å². The normalized spacial score (nSPS) is 14.3. The smallest absolute Gasteiger partial charge is 0.276 e. The Labute approximate surface area is 142 Å². The monoisotopic (exact) mass is 344 g/mol. The number of rotatable bonds is 3. The fourth-order valence-corrected chi connectivity index (χ4v) is 3.64. The number of anilines is 1. The minimum absolute atomic E-state index is 0.140. The van der Waals surface area contributed by atoms with Crippen LogP contribution in [0, 0.1) is 0 Å². The maximum absolute atomic E-state index is 12.9. The summed E-state index contributed by atoms with van der Waals surface area (Å²) in [4.78, 5) is 19.1. The Kier molecular flexibility index (Phi) is 4.41. The molecule has 2 aromatic rings. The Morgan fingerprint density at radius 2 is 2.04 bits per heavy atom. The summed E-state index contributed by atoms with van der Waals surface area (Å²) in [5, 5.41) is 0. The summed E-state index contributed by atoms with van der Waals surface area (Å²) in [6.45, 7) is 2.65. The van der Waals surface area contributed by atoms with Gasteiger partial charge in [-0.1, -0.05) is 6.92 Å². The number of amides is 1. The predicted octanol–water partition coefficient (Wildman–Crippen LogP) is 2.64. The Morgan fingerprint density at radius 3 is 2.75 bits per heavy atom. The number of carbonyl (C=O) groups is 1. The van der Waals surface area contributed by atoms with E-state index in [9.17, 15) is 13.2 Å². The van der Waals surface area contributed by atoms with Crippen LogP contribution in [0.3, 0.4) is 0 Å². The first-order valence-electron chi connectivity index (χ1n) is 8.00. The molecule has 24 heavy (non-hydrogen) atoms. The van der Waals surface area contributed by atoms with Crippen LogP contribution in [0.5, 0.6) is 0 Å². The minimum Gasteiger partial charge on any atom is -0.307 e. The van der Waals surface area contributed by atoms with Crippen molar-refractivity contribution in [2.24, 2.45) is 0 Å². The molecule has 126 valence electrons. The van der Waals surface area contributed by atoms with E-state index in [1.807, 2.05) is 19.1 Å². The van der Waals surface area contributed by atoms with E-state index in [4.69, 9.17) is 0 Å². The first-order chi connectivity index (χ1) is 11.4. The van der Waals surface area contributed by atoms with E-state index in [1.54, 1.807) is 29.3 Å². The average molecular weight is 344 g/mol. The molecule has 0 atom stereocenters. The van der Waals surface area contributed by atoms with Gasteiger partial charge in [0.1, 0.15) is 5.69 Å². The number of nitrogens with zero attached hydrogens (tertiary/aromatic N) is 2. The van der Waals surface area contributed by atoms with Gasteiger partial charge < -0.3 is 4.90 Å². The Bertz CT molecular complexity index is 891. The second kappa shape index (κ2) is 6.36. The topological polar surface area (TPSA) is 67.3 Å². The zero-order chi connectivity index (χ0) is 17.3. The van der Waals surface area contributed by atoms with Crippen molar-refractivity contribution in [3.05, 3.63) is 53.3 Å². The summed E-state index contributed by atoms with van der Waals surface area (Å²) in [6, 6.07) is 8.70. The Morgan fingerprint density at radius 1 is 1.25 bits per heavy atom. The summed E-state index contributed by atoms with van der Waals surface area (Å²) >= 11 is 0. The Hall–Kier alpha value is -2.21. The minimum atomic E-state index is -3.25. The summed E-state index contributed by atoms with van der Waals surface area (Å²) < 4.78 is 23.5. The number of benzene rings is 1. The molecule has 0 aliphatic carbocycles. The lowest BCUT2D eigenvalue weighted by Crippen LogP contribution is -2.36. The molecule has 0 spiro atoms. The third-order valence-electron chi connectivity index (χ3n) is 4.29. The van der Waals surface area contributed by atoms with Gasteiger partial charge in [0.2, 0.25) is 0 Å². The number of pyridine rings is 1. The zero-order valence-electron chi connectivity index (χ0n) is 13.8. The second-order valence-electron chi connectivity index (χ2n) is 6.03. The SMILES string of the molecule is CCc1ccnc(C(=O)N2CCCc3cc(S(C)(=O)=O)ccc32)c1. The van der Waals surface area contributed by atoms with Crippen LogP contribution in [0.1, 0.15) is 35.0 Å². The van der Waals surface area contributed by atoms with Crippen molar-refractivity contribution in [1.82, 2.24) is 4.98 Å². The van der Waals surface area contributed by atoms with Crippen molar-refractivity contribution in [3.63, 3.8) is 0 Å². The maximum Gasteiger partial charge on any atom is 0.276 e. The number of aryl methyl sites for hydroxylation is 2. The molecule has 1 aliphatic rings. The molecule has 0 bridgehead atoms. The van der Waals surface area contributed by atoms with Crippen molar-refractivity contribution in [2.45, 2.75) is 31.1 Å². The molecular weight excluding hydrogens is 324 g/mol. The lowest BCUT2D eigenvalue weighted by molar-refractivity contribution is 0.0980. The summed E-state index contributed by atoms with van der Waals surface area (Å²) in [6.07, 6.45) is 5.27. The van der Waals surface area contributed by atoms with E-state index in [1.165, 1.54) is 6.26 Å². The van der Waals surface area contributed by atoms with Crippen molar-refractivity contribution >= 4 is 21.4 Å². The summed E-state index contributed by atoms with van der Waals surface area (Å²) in [7, 11) is -3.25. The molecule has 3 rings (SSSR count). The van der Waals surface area contributed by atoms with Crippen LogP contribution < -0.4 is 4.90 Å².